The molecule has 176 valence electrons. The van der Waals surface area contributed by atoms with E-state index in [2.05, 4.69) is 20.2 Å². The van der Waals surface area contributed by atoms with Gasteiger partial charge in [-0.3, -0.25) is 9.97 Å². The summed E-state index contributed by atoms with van der Waals surface area (Å²) >= 11 is 12.5. The zero-order chi connectivity index (χ0) is 22.8. The Morgan fingerprint density at radius 1 is 1.22 bits per heavy atom. The number of benzene rings is 1. The molecule has 1 atom stereocenters. The van der Waals surface area contributed by atoms with Crippen LogP contribution in [0.1, 0.15) is 31.9 Å². The molecular weight excluding hydrogens is 466 g/mol. The van der Waals surface area contributed by atoms with Gasteiger partial charge in [-0.2, -0.15) is 13.2 Å². The molecule has 2 heterocycles. The molecular formula is C21H26Cl2F3N5O. The molecule has 0 saturated carbocycles. The second-order valence-electron chi connectivity index (χ2n) is 7.49. The molecule has 0 radical (unpaired) electrons. The maximum Gasteiger partial charge on any atom is 0.412 e. The average Bonchev–Trinajstić information content (AvgIpc) is 2.74. The first kappa shape index (κ1) is 26.2. The van der Waals surface area contributed by atoms with Crippen LogP contribution in [0.15, 0.2) is 30.7 Å². The lowest BCUT2D eigenvalue weighted by Crippen LogP contribution is -2.50. The van der Waals surface area contributed by atoms with Crippen molar-refractivity contribution in [1.82, 2.24) is 25.1 Å². The molecule has 0 bridgehead atoms. The number of alkyl halides is 3. The van der Waals surface area contributed by atoms with Gasteiger partial charge in [-0.05, 0) is 33.0 Å². The number of halogens is 5. The van der Waals surface area contributed by atoms with Crippen molar-refractivity contribution >= 4 is 29.2 Å². The Kier molecular flexibility index (Phi) is 8.73. The van der Waals surface area contributed by atoms with Gasteiger partial charge in [0.2, 0.25) is 0 Å². The fourth-order valence-corrected chi connectivity index (χ4v) is 4.08. The standard InChI is InChI=1S/C20H22Cl2F3N5O.CH4/c1-29-9-5-12(6-10-29)30(2)19(31)28-18(20(23,24)25)14-4-3-13(16(21)17(14)22)15-11-26-7-8-27-15;/h3-4,7-8,11-12,18H,5-6,9-10H2,1-2H3,(H,28,31);1H4/t18-;/m1./s1. The van der Waals surface area contributed by atoms with E-state index < -0.39 is 18.2 Å². The number of carbonyl (C=O) groups excluding carboxylic acids is 1. The van der Waals surface area contributed by atoms with Gasteiger partial charge in [0.05, 0.1) is 21.9 Å². The van der Waals surface area contributed by atoms with Crippen molar-refractivity contribution in [3.63, 3.8) is 0 Å². The van der Waals surface area contributed by atoms with Crippen molar-refractivity contribution in [3.8, 4) is 11.3 Å². The molecule has 1 aliphatic heterocycles. The number of hydrogen-bond acceptors (Lipinski definition) is 4. The minimum absolute atomic E-state index is 0. The average molecular weight is 492 g/mol. The van der Waals surface area contributed by atoms with Crippen LogP contribution in [0.3, 0.4) is 0 Å². The zero-order valence-corrected chi connectivity index (χ0v) is 18.5. The lowest BCUT2D eigenvalue weighted by Gasteiger charge is -2.36. The van der Waals surface area contributed by atoms with Crippen LogP contribution in [0.4, 0.5) is 18.0 Å². The van der Waals surface area contributed by atoms with Gasteiger partial charge in [0.25, 0.3) is 0 Å². The molecule has 2 aromatic rings. The van der Waals surface area contributed by atoms with E-state index in [9.17, 15) is 18.0 Å². The summed E-state index contributed by atoms with van der Waals surface area (Å²) in [6.07, 6.45) is 0.933. The highest BCUT2D eigenvalue weighted by atomic mass is 35.5. The summed E-state index contributed by atoms with van der Waals surface area (Å²) in [4.78, 5) is 24.1. The molecule has 1 N–H and O–H groups in total. The number of nitrogens with zero attached hydrogens (tertiary/aromatic N) is 4. The number of aromatic nitrogens is 2. The number of piperidine rings is 1. The van der Waals surface area contributed by atoms with Gasteiger partial charge in [0.1, 0.15) is 0 Å². The molecule has 1 saturated heterocycles. The van der Waals surface area contributed by atoms with Crippen LogP contribution in [-0.4, -0.2) is 65.2 Å². The van der Waals surface area contributed by atoms with Crippen LogP contribution in [0.25, 0.3) is 11.3 Å². The Balaban J connectivity index is 0.00000363. The van der Waals surface area contributed by atoms with Gasteiger partial charge in [-0.25, -0.2) is 4.79 Å². The number of rotatable bonds is 4. The van der Waals surface area contributed by atoms with E-state index >= 15 is 0 Å². The van der Waals surface area contributed by atoms with E-state index in [-0.39, 0.29) is 29.1 Å². The van der Waals surface area contributed by atoms with Crippen LogP contribution in [0.5, 0.6) is 0 Å². The Hall–Kier alpha value is -2.10. The van der Waals surface area contributed by atoms with Crippen molar-refractivity contribution in [1.29, 1.82) is 0 Å². The van der Waals surface area contributed by atoms with E-state index in [1.54, 1.807) is 0 Å². The van der Waals surface area contributed by atoms with Crippen LogP contribution >= 0.6 is 23.2 Å². The van der Waals surface area contributed by atoms with E-state index in [0.717, 1.165) is 13.1 Å². The molecule has 1 aliphatic rings. The Morgan fingerprint density at radius 2 is 1.88 bits per heavy atom. The van der Waals surface area contributed by atoms with Gasteiger partial charge in [-0.1, -0.05) is 42.8 Å². The third-order valence-electron chi connectivity index (χ3n) is 5.41. The third-order valence-corrected chi connectivity index (χ3v) is 6.31. The first-order valence-corrected chi connectivity index (χ1v) is 10.4. The number of carbonyl (C=O) groups is 1. The summed E-state index contributed by atoms with van der Waals surface area (Å²) in [7, 11) is 3.47. The van der Waals surface area contributed by atoms with Gasteiger partial charge in [0, 0.05) is 36.6 Å². The minimum Gasteiger partial charge on any atom is -0.325 e. The van der Waals surface area contributed by atoms with E-state index in [1.807, 2.05) is 7.05 Å². The quantitative estimate of drug-likeness (QED) is 0.619. The zero-order valence-electron chi connectivity index (χ0n) is 17.0. The summed E-state index contributed by atoms with van der Waals surface area (Å²) in [6, 6.07) is -0.675. The normalized spacial score (nSPS) is 16.2. The van der Waals surface area contributed by atoms with Crippen LogP contribution in [0.2, 0.25) is 10.0 Å². The highest BCUT2D eigenvalue weighted by molar-refractivity contribution is 6.44. The largest absolute Gasteiger partial charge is 0.412 e. The number of nitrogens with one attached hydrogen (secondary N) is 1. The van der Waals surface area contributed by atoms with Crippen LogP contribution < -0.4 is 5.32 Å². The van der Waals surface area contributed by atoms with Crippen molar-refractivity contribution in [2.24, 2.45) is 0 Å². The Morgan fingerprint density at radius 3 is 2.44 bits per heavy atom. The van der Waals surface area contributed by atoms with E-state index in [0.29, 0.717) is 24.1 Å². The molecule has 3 rings (SSSR count). The van der Waals surface area contributed by atoms with E-state index in [4.69, 9.17) is 23.2 Å². The first-order valence-electron chi connectivity index (χ1n) is 9.62. The summed E-state index contributed by atoms with van der Waals surface area (Å²) in [5.41, 5.74) is 0.381. The summed E-state index contributed by atoms with van der Waals surface area (Å²) < 4.78 is 41.7. The fourth-order valence-electron chi connectivity index (χ4n) is 3.53. The number of amides is 2. The third kappa shape index (κ3) is 5.82. The maximum atomic E-state index is 13.9. The summed E-state index contributed by atoms with van der Waals surface area (Å²) in [5, 5.41) is 1.70. The van der Waals surface area contributed by atoms with Gasteiger partial charge < -0.3 is 15.1 Å². The molecule has 32 heavy (non-hydrogen) atoms. The van der Waals surface area contributed by atoms with Crippen LogP contribution in [0, 0.1) is 0 Å². The van der Waals surface area contributed by atoms with Crippen molar-refractivity contribution in [2.45, 2.75) is 38.5 Å². The van der Waals surface area contributed by atoms with Gasteiger partial charge in [-0.15, -0.1) is 0 Å². The number of likely N-dealkylation sites (tertiary alicyclic amines) is 1. The maximum absolute atomic E-state index is 13.9. The summed E-state index contributed by atoms with van der Waals surface area (Å²) in [5.74, 6) is 0. The number of urea groups is 1. The van der Waals surface area contributed by atoms with Crippen molar-refractivity contribution < 1.29 is 18.0 Å². The Labute approximate surface area is 195 Å². The summed E-state index contributed by atoms with van der Waals surface area (Å²) in [6.45, 7) is 1.55. The molecule has 6 nitrogen and oxygen atoms in total. The lowest BCUT2D eigenvalue weighted by molar-refractivity contribution is -0.155. The molecule has 11 heteroatoms. The molecule has 1 aromatic heterocycles. The molecule has 1 fully saturated rings. The predicted octanol–water partition coefficient (Wildman–Crippen LogP) is 5.43. The van der Waals surface area contributed by atoms with Crippen LogP contribution in [-0.2, 0) is 0 Å². The first-order chi connectivity index (χ1) is 14.6. The fraction of sp³-hybridized carbons (Fsp3) is 0.476. The van der Waals surface area contributed by atoms with Gasteiger partial charge in [0.15, 0.2) is 6.04 Å². The second kappa shape index (κ2) is 10.7. The molecule has 0 aliphatic carbocycles. The predicted molar refractivity (Wildman–Crippen MR) is 120 cm³/mol. The monoisotopic (exact) mass is 491 g/mol. The van der Waals surface area contributed by atoms with Crippen molar-refractivity contribution in [3.05, 3.63) is 46.3 Å². The topological polar surface area (TPSA) is 61.4 Å². The highest BCUT2D eigenvalue weighted by Crippen LogP contribution is 2.42. The molecule has 0 unspecified atom stereocenters. The SMILES string of the molecule is C.CN1CCC(N(C)C(=O)N[C@H](c2ccc(-c3cnccn3)c(Cl)c2Cl)C(F)(F)F)CC1. The smallest absolute Gasteiger partial charge is 0.325 e. The molecule has 0 spiro atoms. The molecule has 2 amide bonds. The minimum atomic E-state index is -4.77. The second-order valence-corrected chi connectivity index (χ2v) is 8.25. The Bertz CT molecular complexity index is 922. The molecule has 1 aromatic carbocycles. The highest BCUT2D eigenvalue weighted by Gasteiger charge is 2.44. The number of hydrogen-bond donors (Lipinski definition) is 1. The van der Waals surface area contributed by atoms with Crippen molar-refractivity contribution in [2.75, 3.05) is 27.2 Å². The van der Waals surface area contributed by atoms with E-state index in [1.165, 1.54) is 42.7 Å². The van der Waals surface area contributed by atoms with Gasteiger partial charge >= 0.3 is 12.2 Å². The lowest BCUT2D eigenvalue weighted by atomic mass is 10.0.